The van der Waals surface area contributed by atoms with Crippen LogP contribution < -0.4 is 5.32 Å². The molecule has 23 heavy (non-hydrogen) atoms. The fourth-order valence-electron chi connectivity index (χ4n) is 2.01. The minimum absolute atomic E-state index is 0.0471. The monoisotopic (exact) mass is 352 g/mol. The van der Waals surface area contributed by atoms with E-state index < -0.39 is 10.7 Å². The van der Waals surface area contributed by atoms with E-state index in [1.54, 1.807) is 0 Å². The molecule has 0 bridgehead atoms. The second kappa shape index (κ2) is 5.94. The number of benzene rings is 2. The maximum absolute atomic E-state index is 14.1. The molecule has 0 saturated heterocycles. The Kier molecular flexibility index (Phi) is 3.97. The van der Waals surface area contributed by atoms with Crippen molar-refractivity contribution in [3.8, 4) is 0 Å². The Balaban J connectivity index is 2.11. The zero-order chi connectivity index (χ0) is 16.6. The van der Waals surface area contributed by atoms with Crippen molar-refractivity contribution >= 4 is 51.3 Å². The molecule has 6 nitrogen and oxygen atoms in total. The first-order valence-electron chi connectivity index (χ1n) is 6.27. The third-order valence-electron chi connectivity index (χ3n) is 3.12. The SMILES string of the molecule is O=[N+]([O-])c1ccc2ncnc(Nc3ccc(Cl)c(Cl)c3F)c2c1. The number of nitrogens with zero attached hydrogens (tertiary/aromatic N) is 3. The first-order chi connectivity index (χ1) is 11.0. The quantitative estimate of drug-likeness (QED) is 0.418. The summed E-state index contributed by atoms with van der Waals surface area (Å²) in [5.41, 5.74) is 0.407. The van der Waals surface area contributed by atoms with Gasteiger partial charge in [0.2, 0.25) is 0 Å². The Morgan fingerprint density at radius 1 is 1.17 bits per heavy atom. The number of rotatable bonds is 3. The summed E-state index contributed by atoms with van der Waals surface area (Å²) in [5, 5.41) is 13.9. The highest BCUT2D eigenvalue weighted by molar-refractivity contribution is 6.42. The van der Waals surface area contributed by atoms with Gasteiger partial charge in [0.05, 0.1) is 26.2 Å². The number of nitrogens with one attached hydrogen (secondary N) is 1. The van der Waals surface area contributed by atoms with E-state index >= 15 is 0 Å². The summed E-state index contributed by atoms with van der Waals surface area (Å²) >= 11 is 11.5. The lowest BCUT2D eigenvalue weighted by Gasteiger charge is -2.10. The number of anilines is 2. The van der Waals surface area contributed by atoms with Crippen molar-refractivity contribution < 1.29 is 9.31 Å². The van der Waals surface area contributed by atoms with Crippen LogP contribution in [-0.2, 0) is 0 Å². The van der Waals surface area contributed by atoms with Gasteiger partial charge in [0.1, 0.15) is 12.1 Å². The molecule has 0 saturated carbocycles. The Morgan fingerprint density at radius 2 is 1.96 bits per heavy atom. The number of halogens is 3. The summed E-state index contributed by atoms with van der Waals surface area (Å²) in [5.74, 6) is -0.521. The van der Waals surface area contributed by atoms with Crippen LogP contribution in [0.1, 0.15) is 0 Å². The van der Waals surface area contributed by atoms with Gasteiger partial charge in [-0.1, -0.05) is 23.2 Å². The normalized spacial score (nSPS) is 10.7. The second-order valence-corrected chi connectivity index (χ2v) is 5.31. The molecular weight excluding hydrogens is 346 g/mol. The molecule has 0 amide bonds. The predicted octanol–water partition coefficient (Wildman–Crippen LogP) is 4.73. The van der Waals surface area contributed by atoms with E-state index in [-0.39, 0.29) is 27.2 Å². The van der Waals surface area contributed by atoms with Gasteiger partial charge in [-0.25, -0.2) is 14.4 Å². The topological polar surface area (TPSA) is 81.0 Å². The molecule has 116 valence electrons. The number of aromatic nitrogens is 2. The zero-order valence-corrected chi connectivity index (χ0v) is 12.8. The van der Waals surface area contributed by atoms with Gasteiger partial charge in [-0.3, -0.25) is 10.1 Å². The van der Waals surface area contributed by atoms with Gasteiger partial charge >= 0.3 is 0 Å². The van der Waals surface area contributed by atoms with E-state index in [1.165, 1.54) is 36.7 Å². The summed E-state index contributed by atoms with van der Waals surface area (Å²) < 4.78 is 14.1. The minimum atomic E-state index is -0.739. The molecule has 0 aliphatic rings. The van der Waals surface area contributed by atoms with Crippen molar-refractivity contribution in [2.45, 2.75) is 0 Å². The number of hydrogen-bond donors (Lipinski definition) is 1. The third-order valence-corrected chi connectivity index (χ3v) is 3.90. The van der Waals surface area contributed by atoms with Crippen molar-refractivity contribution in [2.75, 3.05) is 5.32 Å². The smallest absolute Gasteiger partial charge is 0.270 e. The van der Waals surface area contributed by atoms with Crippen LogP contribution in [0.15, 0.2) is 36.7 Å². The third kappa shape index (κ3) is 2.88. The molecule has 0 aliphatic carbocycles. The van der Waals surface area contributed by atoms with Crippen LogP contribution in [0.5, 0.6) is 0 Å². The van der Waals surface area contributed by atoms with Gasteiger partial charge in [-0.05, 0) is 18.2 Å². The molecule has 3 aromatic rings. The molecule has 0 atom stereocenters. The lowest BCUT2D eigenvalue weighted by Crippen LogP contribution is -1.99. The maximum atomic E-state index is 14.1. The molecule has 0 unspecified atom stereocenters. The van der Waals surface area contributed by atoms with E-state index in [2.05, 4.69) is 15.3 Å². The van der Waals surface area contributed by atoms with Gasteiger partial charge in [0.25, 0.3) is 5.69 Å². The fraction of sp³-hybridized carbons (Fsp3) is 0. The highest BCUT2D eigenvalue weighted by Crippen LogP contribution is 2.33. The Labute approximate surface area is 139 Å². The highest BCUT2D eigenvalue weighted by atomic mass is 35.5. The van der Waals surface area contributed by atoms with Crippen molar-refractivity contribution in [3.63, 3.8) is 0 Å². The predicted molar refractivity (Wildman–Crippen MR) is 85.9 cm³/mol. The van der Waals surface area contributed by atoms with Crippen LogP contribution in [-0.4, -0.2) is 14.9 Å². The van der Waals surface area contributed by atoms with E-state index in [9.17, 15) is 14.5 Å². The maximum Gasteiger partial charge on any atom is 0.270 e. The van der Waals surface area contributed by atoms with E-state index in [4.69, 9.17) is 23.2 Å². The van der Waals surface area contributed by atoms with Gasteiger partial charge in [-0.15, -0.1) is 0 Å². The minimum Gasteiger partial charge on any atom is -0.337 e. The van der Waals surface area contributed by atoms with E-state index in [0.717, 1.165) is 0 Å². The van der Waals surface area contributed by atoms with Crippen LogP contribution in [0.4, 0.5) is 21.6 Å². The zero-order valence-electron chi connectivity index (χ0n) is 11.3. The number of non-ortho nitro benzene ring substituents is 1. The molecule has 2 aromatic carbocycles. The molecule has 0 spiro atoms. The lowest BCUT2D eigenvalue weighted by molar-refractivity contribution is -0.384. The van der Waals surface area contributed by atoms with Crippen molar-refractivity contribution in [1.29, 1.82) is 0 Å². The highest BCUT2D eigenvalue weighted by Gasteiger charge is 2.14. The first-order valence-corrected chi connectivity index (χ1v) is 7.02. The van der Waals surface area contributed by atoms with Gasteiger partial charge in [-0.2, -0.15) is 0 Å². The molecule has 0 radical (unpaired) electrons. The van der Waals surface area contributed by atoms with Crippen LogP contribution in [0.3, 0.4) is 0 Å². The summed E-state index contributed by atoms with van der Waals surface area (Å²) in [6.07, 6.45) is 1.27. The lowest BCUT2D eigenvalue weighted by atomic mass is 10.2. The average Bonchev–Trinajstić information content (AvgIpc) is 2.55. The van der Waals surface area contributed by atoms with Crippen molar-refractivity contribution in [3.05, 3.63) is 62.6 Å². The molecule has 1 heterocycles. The summed E-state index contributed by atoms with van der Waals surface area (Å²) in [6, 6.07) is 6.97. The van der Waals surface area contributed by atoms with Gasteiger partial charge in [0.15, 0.2) is 5.82 Å². The van der Waals surface area contributed by atoms with Crippen molar-refractivity contribution in [2.24, 2.45) is 0 Å². The number of fused-ring (bicyclic) bond motifs is 1. The Bertz CT molecular complexity index is 936. The Hall–Kier alpha value is -2.51. The van der Waals surface area contributed by atoms with Crippen molar-refractivity contribution in [1.82, 2.24) is 9.97 Å². The van der Waals surface area contributed by atoms with Crippen LogP contribution in [0.2, 0.25) is 10.0 Å². The standard InChI is InChI=1S/C14H7Cl2FN4O2/c15-9-2-4-11(13(17)12(9)16)20-14-8-5-7(21(22)23)1-3-10(8)18-6-19-14/h1-6H,(H,18,19,20). The van der Waals surface area contributed by atoms with Crippen LogP contribution in [0, 0.1) is 15.9 Å². The summed E-state index contributed by atoms with van der Waals surface area (Å²) in [7, 11) is 0. The number of nitro benzene ring substituents is 1. The molecule has 0 fully saturated rings. The average molecular weight is 353 g/mol. The molecular formula is C14H7Cl2FN4O2. The van der Waals surface area contributed by atoms with Crippen LogP contribution in [0.25, 0.3) is 10.9 Å². The summed E-state index contributed by atoms with van der Waals surface area (Å²) in [6.45, 7) is 0. The molecule has 1 aromatic heterocycles. The van der Waals surface area contributed by atoms with Gasteiger partial charge < -0.3 is 5.32 Å². The van der Waals surface area contributed by atoms with E-state index in [0.29, 0.717) is 10.9 Å². The molecule has 9 heteroatoms. The first kappa shape index (κ1) is 15.4. The van der Waals surface area contributed by atoms with E-state index in [1.807, 2.05) is 0 Å². The molecule has 3 rings (SSSR count). The fourth-order valence-corrected chi connectivity index (χ4v) is 2.32. The van der Waals surface area contributed by atoms with Crippen LogP contribution >= 0.6 is 23.2 Å². The second-order valence-electron chi connectivity index (χ2n) is 4.53. The molecule has 0 aliphatic heterocycles. The van der Waals surface area contributed by atoms with Gasteiger partial charge in [0, 0.05) is 17.5 Å². The number of nitro groups is 1. The Morgan fingerprint density at radius 3 is 2.70 bits per heavy atom. The summed E-state index contributed by atoms with van der Waals surface area (Å²) in [4.78, 5) is 18.4. The molecule has 1 N–H and O–H groups in total. The largest absolute Gasteiger partial charge is 0.337 e. The number of hydrogen-bond acceptors (Lipinski definition) is 5.